The first-order valence-electron chi connectivity index (χ1n) is 7.71. The molecule has 2 aromatic heterocycles. The lowest BCUT2D eigenvalue weighted by Crippen LogP contribution is -2.15. The number of aromatic amines is 1. The fraction of sp³-hybridized carbons (Fsp3) is 0.111. The van der Waals surface area contributed by atoms with Crippen molar-refractivity contribution >= 4 is 27.6 Å². The van der Waals surface area contributed by atoms with Crippen LogP contribution in [0.3, 0.4) is 0 Å². The van der Waals surface area contributed by atoms with Crippen molar-refractivity contribution in [1.29, 1.82) is 0 Å². The van der Waals surface area contributed by atoms with Gasteiger partial charge in [0.2, 0.25) is 0 Å². The van der Waals surface area contributed by atoms with E-state index in [0.29, 0.717) is 34.9 Å². The molecule has 2 heterocycles. The molecule has 0 bridgehead atoms. The monoisotopic (exact) mass is 320 g/mol. The summed E-state index contributed by atoms with van der Waals surface area (Å²) in [5, 5.41) is 1.85. The van der Waals surface area contributed by atoms with Gasteiger partial charge in [-0.3, -0.25) is 9.55 Å². The van der Waals surface area contributed by atoms with E-state index in [1.165, 1.54) is 0 Å². The van der Waals surface area contributed by atoms with E-state index in [-0.39, 0.29) is 5.69 Å². The zero-order valence-corrected chi connectivity index (χ0v) is 13.1. The number of H-pyrrole nitrogens is 1. The number of aryl methyl sites for hydroxylation is 1. The molecule has 3 N–H and O–H groups in total. The number of fused-ring (bicyclic) bond motifs is 2. The van der Waals surface area contributed by atoms with Gasteiger partial charge >= 0.3 is 5.69 Å². The van der Waals surface area contributed by atoms with Crippen LogP contribution in [0.5, 0.6) is 11.5 Å². The number of nitrogen functional groups attached to an aromatic ring is 1. The van der Waals surface area contributed by atoms with Gasteiger partial charge in [0.1, 0.15) is 11.3 Å². The fourth-order valence-corrected chi connectivity index (χ4v) is 2.95. The van der Waals surface area contributed by atoms with E-state index in [4.69, 9.17) is 10.5 Å². The SMILES string of the molecule is CCn1c(=O)[nH]c2nccc(Oc3ccc(N)c4ccccc34)c21. The molecule has 4 aromatic rings. The molecule has 0 atom stereocenters. The molecule has 0 fully saturated rings. The molecule has 4 rings (SSSR count). The third kappa shape index (κ3) is 2.11. The molecule has 2 aromatic carbocycles. The van der Waals surface area contributed by atoms with Crippen LogP contribution in [0, 0.1) is 0 Å². The second kappa shape index (κ2) is 5.42. The quantitative estimate of drug-likeness (QED) is 0.567. The van der Waals surface area contributed by atoms with E-state index in [1.54, 1.807) is 16.8 Å². The molecule has 0 amide bonds. The molecule has 0 saturated carbocycles. The average molecular weight is 320 g/mol. The van der Waals surface area contributed by atoms with Crippen molar-refractivity contribution < 1.29 is 4.74 Å². The number of ether oxygens (including phenoxy) is 1. The third-order valence-electron chi connectivity index (χ3n) is 4.08. The highest BCUT2D eigenvalue weighted by Gasteiger charge is 2.14. The van der Waals surface area contributed by atoms with E-state index < -0.39 is 0 Å². The summed E-state index contributed by atoms with van der Waals surface area (Å²) in [6.07, 6.45) is 1.62. The van der Waals surface area contributed by atoms with Crippen LogP contribution in [-0.2, 0) is 6.54 Å². The molecular weight excluding hydrogens is 304 g/mol. The summed E-state index contributed by atoms with van der Waals surface area (Å²) in [7, 11) is 0. The molecule has 0 aliphatic rings. The van der Waals surface area contributed by atoms with Gasteiger partial charge in [-0.2, -0.15) is 0 Å². The second-order valence-corrected chi connectivity index (χ2v) is 5.48. The maximum absolute atomic E-state index is 12.0. The van der Waals surface area contributed by atoms with E-state index in [0.717, 1.165) is 10.8 Å². The summed E-state index contributed by atoms with van der Waals surface area (Å²) in [6.45, 7) is 2.44. The number of nitrogens with two attached hydrogens (primary N) is 1. The van der Waals surface area contributed by atoms with Crippen LogP contribution in [0.2, 0.25) is 0 Å². The van der Waals surface area contributed by atoms with E-state index in [9.17, 15) is 4.79 Å². The standard InChI is InChI=1S/C18H16N4O2/c1-2-22-16-15(9-10-20-17(16)21-18(22)23)24-14-8-7-13(19)11-5-3-4-6-12(11)14/h3-10H,2,19H2,1H3,(H,20,21,23). The minimum atomic E-state index is -0.196. The molecule has 0 unspecified atom stereocenters. The number of imidazole rings is 1. The van der Waals surface area contributed by atoms with Crippen molar-refractivity contribution in [2.24, 2.45) is 0 Å². The molecule has 0 radical (unpaired) electrons. The van der Waals surface area contributed by atoms with Gasteiger partial charge in [0, 0.05) is 35.3 Å². The van der Waals surface area contributed by atoms with E-state index >= 15 is 0 Å². The summed E-state index contributed by atoms with van der Waals surface area (Å²) in [5.41, 5.74) is 7.72. The van der Waals surface area contributed by atoms with E-state index in [1.807, 2.05) is 43.3 Å². The molecule has 0 aliphatic carbocycles. The van der Waals surface area contributed by atoms with Crippen LogP contribution in [0.25, 0.3) is 21.9 Å². The number of hydrogen-bond acceptors (Lipinski definition) is 4. The molecule has 0 spiro atoms. The Kier molecular flexibility index (Phi) is 3.23. The highest BCUT2D eigenvalue weighted by Crippen LogP contribution is 2.35. The number of benzene rings is 2. The zero-order valence-electron chi connectivity index (χ0n) is 13.1. The van der Waals surface area contributed by atoms with Crippen molar-refractivity contribution in [3.8, 4) is 11.5 Å². The summed E-state index contributed by atoms with van der Waals surface area (Å²) in [5.74, 6) is 1.26. The highest BCUT2D eigenvalue weighted by atomic mass is 16.5. The van der Waals surface area contributed by atoms with Crippen LogP contribution in [-0.4, -0.2) is 14.5 Å². The van der Waals surface area contributed by atoms with Gasteiger partial charge in [0.05, 0.1) is 0 Å². The largest absolute Gasteiger partial charge is 0.454 e. The van der Waals surface area contributed by atoms with Crippen molar-refractivity contribution in [3.63, 3.8) is 0 Å². The number of nitrogens with one attached hydrogen (secondary N) is 1. The summed E-state index contributed by atoms with van der Waals surface area (Å²) in [6, 6.07) is 13.2. The fourth-order valence-electron chi connectivity index (χ4n) is 2.95. The van der Waals surface area contributed by atoms with Crippen LogP contribution in [0.4, 0.5) is 5.69 Å². The second-order valence-electron chi connectivity index (χ2n) is 5.48. The molecule has 120 valence electrons. The lowest BCUT2D eigenvalue weighted by Gasteiger charge is -2.12. The lowest BCUT2D eigenvalue weighted by atomic mass is 10.1. The molecule has 24 heavy (non-hydrogen) atoms. The topological polar surface area (TPSA) is 85.9 Å². The first-order valence-corrected chi connectivity index (χ1v) is 7.71. The van der Waals surface area contributed by atoms with Gasteiger partial charge < -0.3 is 10.5 Å². The molecular formula is C18H16N4O2. The van der Waals surface area contributed by atoms with Gasteiger partial charge in [-0.05, 0) is 19.1 Å². The predicted molar refractivity (Wildman–Crippen MR) is 94.5 cm³/mol. The first kappa shape index (κ1) is 14.3. The Balaban J connectivity index is 1.92. The first-order chi connectivity index (χ1) is 11.7. The van der Waals surface area contributed by atoms with Gasteiger partial charge in [0.25, 0.3) is 0 Å². The maximum Gasteiger partial charge on any atom is 0.327 e. The lowest BCUT2D eigenvalue weighted by molar-refractivity contribution is 0.490. The number of aromatic nitrogens is 3. The summed E-state index contributed by atoms with van der Waals surface area (Å²) in [4.78, 5) is 19.0. The Morgan fingerprint density at radius 3 is 2.71 bits per heavy atom. The Labute approximate surface area is 137 Å². The predicted octanol–water partition coefficient (Wildman–Crippen LogP) is 3.27. The molecule has 6 nitrogen and oxygen atoms in total. The van der Waals surface area contributed by atoms with Gasteiger partial charge in [-0.1, -0.05) is 24.3 Å². The average Bonchev–Trinajstić information content (AvgIpc) is 2.93. The maximum atomic E-state index is 12.0. The third-order valence-corrected chi connectivity index (χ3v) is 4.08. The van der Waals surface area contributed by atoms with E-state index in [2.05, 4.69) is 9.97 Å². The van der Waals surface area contributed by atoms with Gasteiger partial charge in [0.15, 0.2) is 11.4 Å². The van der Waals surface area contributed by atoms with Crippen molar-refractivity contribution in [2.75, 3.05) is 5.73 Å². The number of anilines is 1. The zero-order chi connectivity index (χ0) is 16.7. The summed E-state index contributed by atoms with van der Waals surface area (Å²) < 4.78 is 7.75. The van der Waals surface area contributed by atoms with Crippen LogP contribution in [0.15, 0.2) is 53.5 Å². The Morgan fingerprint density at radius 1 is 1.12 bits per heavy atom. The minimum absolute atomic E-state index is 0.196. The number of rotatable bonds is 3. The minimum Gasteiger partial charge on any atom is -0.454 e. The Morgan fingerprint density at radius 2 is 1.92 bits per heavy atom. The molecule has 6 heteroatoms. The van der Waals surface area contributed by atoms with Gasteiger partial charge in [-0.15, -0.1) is 0 Å². The van der Waals surface area contributed by atoms with Gasteiger partial charge in [-0.25, -0.2) is 9.78 Å². The van der Waals surface area contributed by atoms with Crippen molar-refractivity contribution in [2.45, 2.75) is 13.5 Å². The highest BCUT2D eigenvalue weighted by molar-refractivity contribution is 5.97. The van der Waals surface area contributed by atoms with Crippen LogP contribution < -0.4 is 16.2 Å². The van der Waals surface area contributed by atoms with Crippen LogP contribution in [0.1, 0.15) is 6.92 Å². The molecule has 0 saturated heterocycles. The smallest absolute Gasteiger partial charge is 0.327 e. The molecule has 0 aliphatic heterocycles. The number of hydrogen-bond donors (Lipinski definition) is 2. The number of pyridine rings is 1. The number of nitrogens with zero attached hydrogens (tertiary/aromatic N) is 2. The van der Waals surface area contributed by atoms with Crippen molar-refractivity contribution in [1.82, 2.24) is 14.5 Å². The Hall–Kier alpha value is -3.28. The summed E-state index contributed by atoms with van der Waals surface area (Å²) >= 11 is 0. The Bertz CT molecular complexity index is 1110. The van der Waals surface area contributed by atoms with Crippen LogP contribution >= 0.6 is 0 Å². The normalized spacial score (nSPS) is 11.2. The van der Waals surface area contributed by atoms with Crippen molar-refractivity contribution in [3.05, 3.63) is 59.1 Å².